The Hall–Kier alpha value is -1.70. The van der Waals surface area contributed by atoms with E-state index in [9.17, 15) is 14.4 Å². The Morgan fingerprint density at radius 3 is 0.833 bits per heavy atom. The summed E-state index contributed by atoms with van der Waals surface area (Å²) in [4.78, 5) is 27.8. The maximum Gasteiger partial charge on any atom is 0.327 e. The van der Waals surface area contributed by atoms with E-state index >= 15 is 0 Å². The first kappa shape index (κ1) is 29.9. The van der Waals surface area contributed by atoms with Crippen molar-refractivity contribution in [1.29, 1.82) is 0 Å². The second kappa shape index (κ2) is 29.5. The average Bonchev–Trinajstić information content (AvgIpc) is 2.32. The minimum atomic E-state index is -0.981. The fraction of sp³-hybridized carbons (Fsp3) is 0.100. The van der Waals surface area contributed by atoms with Gasteiger partial charge >= 0.3 is 17.9 Å². The molecule has 0 radical (unpaired) electrons. The summed E-state index contributed by atoms with van der Waals surface area (Å²) in [5, 5.41) is 31.1. The van der Waals surface area contributed by atoms with Crippen LogP contribution >= 0.6 is 0 Å². The van der Waals surface area contributed by atoms with Gasteiger partial charge in [0, 0.05) is 39.9 Å². The number of carboxylic acids is 3. The number of aliphatic carboxylic acids is 3. The van der Waals surface area contributed by atoms with Gasteiger partial charge in [0.25, 0.3) is 0 Å². The van der Waals surface area contributed by atoms with Gasteiger partial charge in [-0.25, -0.2) is 14.4 Å². The molecule has 0 fully saturated rings. The maximum atomic E-state index is 9.25. The molecule has 3 N–H and O–H groups in total. The molecule has 7 nitrogen and oxygen atoms in total. The number of hydrogen-bond donors (Lipinski definition) is 3. The van der Waals surface area contributed by atoms with Crippen molar-refractivity contribution in [1.82, 2.24) is 0 Å². The molecule has 0 unspecified atom stereocenters. The Morgan fingerprint density at radius 1 is 0.778 bits per heavy atom. The Labute approximate surface area is 120 Å². The van der Waals surface area contributed by atoms with Gasteiger partial charge in [-0.3, -0.25) is 0 Å². The molecule has 0 aromatic heterocycles. The van der Waals surface area contributed by atoms with E-state index in [0.717, 1.165) is 25.3 Å². The quantitative estimate of drug-likeness (QED) is 0.482. The van der Waals surface area contributed by atoms with Crippen molar-refractivity contribution >= 4 is 17.9 Å². The number of carboxylic acid groups (broad SMARTS) is 3. The fourth-order valence-corrected chi connectivity index (χ4v) is 0. The molecule has 0 atom stereocenters. The Bertz CT molecular complexity index is 218. The third-order valence-corrected chi connectivity index (χ3v) is 0.524. The second-order valence-electron chi connectivity index (χ2n) is 1.63. The fourth-order valence-electron chi connectivity index (χ4n) is 0. The Balaban J connectivity index is -0.0000000427. The molecule has 0 spiro atoms. The molecular formula is C10H15O7Ti-. The molecule has 0 aliphatic carbocycles. The third-order valence-electron chi connectivity index (χ3n) is 0.524. The zero-order valence-corrected chi connectivity index (χ0v) is 11.4. The normalized spacial score (nSPS) is 5.67. The van der Waals surface area contributed by atoms with E-state index in [1.807, 2.05) is 0 Å². The van der Waals surface area contributed by atoms with Crippen molar-refractivity contribution in [3.05, 3.63) is 38.0 Å². The molecule has 0 heterocycles. The van der Waals surface area contributed by atoms with Crippen molar-refractivity contribution < 1.29 is 56.5 Å². The van der Waals surface area contributed by atoms with Crippen molar-refractivity contribution in [2.75, 3.05) is 7.11 Å². The van der Waals surface area contributed by atoms with Gasteiger partial charge in [-0.2, -0.15) is 7.11 Å². The number of hydrogen-bond acceptors (Lipinski definition) is 4. The summed E-state index contributed by atoms with van der Waals surface area (Å²) in [7, 11) is 0.750. The molecular weight excluding hydrogens is 280 g/mol. The summed E-state index contributed by atoms with van der Waals surface area (Å²) in [5.74, 6) is -2.94. The van der Waals surface area contributed by atoms with E-state index in [2.05, 4.69) is 19.7 Å². The smallest absolute Gasteiger partial charge is 0.327 e. The Morgan fingerprint density at radius 2 is 0.833 bits per heavy atom. The summed E-state index contributed by atoms with van der Waals surface area (Å²) in [6.45, 7) is 8.88. The van der Waals surface area contributed by atoms with E-state index in [-0.39, 0.29) is 21.7 Å². The summed E-state index contributed by atoms with van der Waals surface area (Å²) >= 11 is 0. The molecule has 102 valence electrons. The average molecular weight is 295 g/mol. The van der Waals surface area contributed by atoms with E-state index in [1.165, 1.54) is 0 Å². The maximum absolute atomic E-state index is 9.25. The van der Waals surface area contributed by atoms with Crippen LogP contribution in [0.5, 0.6) is 0 Å². The minimum Gasteiger partial charge on any atom is -0.857 e. The van der Waals surface area contributed by atoms with Crippen LogP contribution in [0.15, 0.2) is 38.0 Å². The van der Waals surface area contributed by atoms with Gasteiger partial charge in [0.15, 0.2) is 0 Å². The topological polar surface area (TPSA) is 135 Å². The van der Waals surface area contributed by atoms with Crippen molar-refractivity contribution in [3.8, 4) is 0 Å². The molecule has 0 aromatic rings. The van der Waals surface area contributed by atoms with E-state index in [1.54, 1.807) is 0 Å². The van der Waals surface area contributed by atoms with Crippen molar-refractivity contribution in [2.24, 2.45) is 0 Å². The largest absolute Gasteiger partial charge is 0.857 e. The first-order valence-corrected chi connectivity index (χ1v) is 3.78. The zero-order valence-electron chi connectivity index (χ0n) is 9.83. The summed E-state index contributed by atoms with van der Waals surface area (Å²) in [5.41, 5.74) is 0. The van der Waals surface area contributed by atoms with E-state index in [0.29, 0.717) is 0 Å². The predicted molar refractivity (Wildman–Crippen MR) is 59.4 cm³/mol. The van der Waals surface area contributed by atoms with Gasteiger partial charge in [0.2, 0.25) is 0 Å². The van der Waals surface area contributed by atoms with Crippen LogP contribution in [0.25, 0.3) is 0 Å². The van der Waals surface area contributed by atoms with Gasteiger partial charge in [0.05, 0.1) is 0 Å². The molecule has 0 saturated carbocycles. The first-order valence-electron chi connectivity index (χ1n) is 3.78. The molecule has 0 rings (SSSR count). The molecule has 0 bridgehead atoms. The van der Waals surface area contributed by atoms with Crippen LogP contribution in [0.3, 0.4) is 0 Å². The third kappa shape index (κ3) is 137. The van der Waals surface area contributed by atoms with E-state index in [4.69, 9.17) is 20.4 Å². The summed E-state index contributed by atoms with van der Waals surface area (Å²) in [6.07, 6.45) is 2.50. The minimum absolute atomic E-state index is 0. The number of carbonyl (C=O) groups is 3. The van der Waals surface area contributed by atoms with Crippen LogP contribution in [0.1, 0.15) is 0 Å². The molecule has 8 heteroatoms. The monoisotopic (exact) mass is 295 g/mol. The van der Waals surface area contributed by atoms with Crippen molar-refractivity contribution in [2.45, 2.75) is 0 Å². The van der Waals surface area contributed by atoms with Crippen LogP contribution in [0.4, 0.5) is 0 Å². The summed E-state index contributed by atoms with van der Waals surface area (Å²) in [6, 6.07) is 0. The Kier molecular flexibility index (Phi) is 49.0. The van der Waals surface area contributed by atoms with E-state index < -0.39 is 17.9 Å². The van der Waals surface area contributed by atoms with Crippen LogP contribution in [0.2, 0.25) is 0 Å². The molecule has 0 saturated heterocycles. The molecule has 0 aliphatic heterocycles. The standard InChI is InChI=1S/3C3H4O2.CH3O.Ti/c3*1-2-3(4)5;1-2;/h3*2H,1H2,(H,4,5);1H3;/q;;;-1;. The van der Waals surface area contributed by atoms with Gasteiger partial charge in [0.1, 0.15) is 0 Å². The second-order valence-corrected chi connectivity index (χ2v) is 1.63. The summed E-state index contributed by atoms with van der Waals surface area (Å²) < 4.78 is 0. The SMILES string of the molecule is C=CC(=O)O.C=CC(=O)O.C=CC(=O)O.C[O-].[Ti]. The molecule has 0 aliphatic rings. The van der Waals surface area contributed by atoms with Gasteiger partial charge < -0.3 is 20.4 Å². The van der Waals surface area contributed by atoms with Gasteiger partial charge in [-0.15, -0.1) is 0 Å². The molecule has 0 amide bonds. The predicted octanol–water partition coefficient (Wildman–Crippen LogP) is -0.255. The first-order chi connectivity index (χ1) is 7.81. The van der Waals surface area contributed by atoms with Crippen LogP contribution in [-0.2, 0) is 36.1 Å². The van der Waals surface area contributed by atoms with Crippen LogP contribution in [-0.4, -0.2) is 40.3 Å². The zero-order chi connectivity index (χ0) is 14.9. The van der Waals surface area contributed by atoms with Crippen LogP contribution in [0, 0.1) is 0 Å². The van der Waals surface area contributed by atoms with Gasteiger partial charge in [-0.1, -0.05) is 19.7 Å². The molecule has 0 aromatic carbocycles. The molecule has 18 heavy (non-hydrogen) atoms. The van der Waals surface area contributed by atoms with Gasteiger partial charge in [-0.05, 0) is 0 Å². The van der Waals surface area contributed by atoms with Crippen molar-refractivity contribution in [3.63, 3.8) is 0 Å². The number of rotatable bonds is 3. The van der Waals surface area contributed by atoms with Crippen LogP contribution < -0.4 is 5.11 Å².